The topological polar surface area (TPSA) is 70.7 Å². The first kappa shape index (κ1) is 21.1. The molecule has 2 amide bonds. The van der Waals surface area contributed by atoms with Gasteiger partial charge in [-0.05, 0) is 36.6 Å². The summed E-state index contributed by atoms with van der Waals surface area (Å²) in [6.07, 6.45) is 2.21. The number of methoxy groups -OCH3 is 1. The molecule has 1 atom stereocenters. The van der Waals surface area contributed by atoms with E-state index in [-0.39, 0.29) is 11.8 Å². The number of alkyl halides is 1. The van der Waals surface area contributed by atoms with Gasteiger partial charge >= 0.3 is 0 Å². The second kappa shape index (κ2) is 10.3. The van der Waals surface area contributed by atoms with Gasteiger partial charge in [0.25, 0.3) is 5.91 Å². The van der Waals surface area contributed by atoms with Crippen molar-refractivity contribution < 1.29 is 14.3 Å². The summed E-state index contributed by atoms with van der Waals surface area (Å²) in [5, 5.41) is 4.88. The van der Waals surface area contributed by atoms with Gasteiger partial charge in [-0.2, -0.15) is 0 Å². The minimum atomic E-state index is -0.812. The highest BCUT2D eigenvalue weighted by Crippen LogP contribution is 2.29. The highest BCUT2D eigenvalue weighted by Gasteiger charge is 2.22. The van der Waals surface area contributed by atoms with Crippen LogP contribution in [0.4, 0.5) is 11.4 Å². The Kier molecular flexibility index (Phi) is 7.49. The number of ether oxygens (including phenoxy) is 1. The smallest absolute Gasteiger partial charge is 0.253 e. The molecule has 1 saturated heterocycles. The van der Waals surface area contributed by atoms with Crippen LogP contribution >= 0.6 is 11.6 Å². The maximum atomic E-state index is 12.8. The average Bonchev–Trinajstić information content (AvgIpc) is 3.28. The van der Waals surface area contributed by atoms with Crippen LogP contribution in [0.25, 0.3) is 0 Å². The normalized spacial score (nSPS) is 14.5. The van der Waals surface area contributed by atoms with E-state index in [1.807, 2.05) is 42.5 Å². The molecule has 2 N–H and O–H groups in total. The second-order valence-corrected chi connectivity index (χ2v) is 7.37. The van der Waals surface area contributed by atoms with Crippen molar-refractivity contribution in [1.29, 1.82) is 0 Å². The first-order chi connectivity index (χ1) is 14.1. The molecule has 154 valence electrons. The van der Waals surface area contributed by atoms with Crippen LogP contribution in [-0.2, 0) is 9.53 Å². The highest BCUT2D eigenvalue weighted by atomic mass is 35.5. The highest BCUT2D eigenvalue weighted by molar-refractivity contribution is 6.32. The van der Waals surface area contributed by atoms with Crippen molar-refractivity contribution in [2.45, 2.75) is 18.2 Å². The molecule has 1 fully saturated rings. The third-order valence-corrected chi connectivity index (χ3v) is 5.32. The number of amides is 2. The van der Waals surface area contributed by atoms with Crippen molar-refractivity contribution in [2.24, 2.45) is 0 Å². The van der Waals surface area contributed by atoms with Crippen molar-refractivity contribution in [1.82, 2.24) is 5.32 Å². The monoisotopic (exact) mass is 415 g/mol. The van der Waals surface area contributed by atoms with Gasteiger partial charge in [0, 0.05) is 38.1 Å². The van der Waals surface area contributed by atoms with E-state index >= 15 is 0 Å². The Bertz CT molecular complexity index is 838. The number of anilines is 2. The fourth-order valence-electron chi connectivity index (χ4n) is 3.37. The minimum Gasteiger partial charge on any atom is -0.383 e. The Morgan fingerprint density at radius 1 is 1.14 bits per heavy atom. The number of nitrogens with one attached hydrogen (secondary N) is 2. The maximum absolute atomic E-state index is 12.8. The number of nitrogens with zero attached hydrogens (tertiary/aromatic N) is 1. The van der Waals surface area contributed by atoms with Gasteiger partial charge in [-0.1, -0.05) is 30.3 Å². The molecule has 0 bridgehead atoms. The van der Waals surface area contributed by atoms with Crippen LogP contribution in [0.5, 0.6) is 0 Å². The summed E-state index contributed by atoms with van der Waals surface area (Å²) >= 11 is 6.31. The molecule has 2 aromatic carbocycles. The lowest BCUT2D eigenvalue weighted by Crippen LogP contribution is -2.30. The lowest BCUT2D eigenvalue weighted by molar-refractivity contribution is -0.116. The van der Waals surface area contributed by atoms with Gasteiger partial charge in [0.1, 0.15) is 5.38 Å². The number of carbonyl (C=O) groups excluding carboxylic acids is 2. The summed E-state index contributed by atoms with van der Waals surface area (Å²) in [6, 6.07) is 14.6. The number of rotatable bonds is 8. The summed E-state index contributed by atoms with van der Waals surface area (Å²) in [5.74, 6) is -0.525. The van der Waals surface area contributed by atoms with E-state index in [0.717, 1.165) is 37.2 Å². The van der Waals surface area contributed by atoms with E-state index in [1.54, 1.807) is 13.2 Å². The molecule has 0 aromatic heterocycles. The Hall–Kier alpha value is -2.57. The molecular weight excluding hydrogens is 390 g/mol. The zero-order chi connectivity index (χ0) is 20.6. The molecule has 0 aliphatic carbocycles. The molecule has 0 unspecified atom stereocenters. The molecule has 0 saturated carbocycles. The molecule has 0 radical (unpaired) electrons. The minimum absolute atomic E-state index is 0.189. The van der Waals surface area contributed by atoms with Crippen LogP contribution in [0.3, 0.4) is 0 Å². The molecule has 29 heavy (non-hydrogen) atoms. The van der Waals surface area contributed by atoms with E-state index in [1.165, 1.54) is 0 Å². The largest absolute Gasteiger partial charge is 0.383 e. The van der Waals surface area contributed by atoms with Gasteiger partial charge in [-0.15, -0.1) is 11.6 Å². The number of hydrogen-bond donors (Lipinski definition) is 2. The van der Waals surface area contributed by atoms with E-state index < -0.39 is 5.38 Å². The zero-order valence-corrected chi connectivity index (χ0v) is 17.2. The fourth-order valence-corrected chi connectivity index (χ4v) is 3.57. The third kappa shape index (κ3) is 5.49. The second-order valence-electron chi connectivity index (χ2n) is 6.94. The van der Waals surface area contributed by atoms with Crippen molar-refractivity contribution in [3.05, 3.63) is 59.7 Å². The molecule has 1 aliphatic heterocycles. The summed E-state index contributed by atoms with van der Waals surface area (Å²) in [6.45, 7) is 2.69. The Morgan fingerprint density at radius 3 is 2.55 bits per heavy atom. The van der Waals surface area contributed by atoms with Crippen molar-refractivity contribution in [3.8, 4) is 0 Å². The SMILES string of the molecule is COCCNC(=O)c1cc(NC(=O)[C@H](Cl)c2ccccc2)ccc1N1CCCC1. The average molecular weight is 416 g/mol. The van der Waals surface area contributed by atoms with E-state index in [9.17, 15) is 9.59 Å². The van der Waals surface area contributed by atoms with E-state index in [0.29, 0.717) is 24.4 Å². The number of carbonyl (C=O) groups is 2. The molecule has 2 aromatic rings. The molecule has 1 heterocycles. The maximum Gasteiger partial charge on any atom is 0.253 e. The predicted octanol–water partition coefficient (Wildman–Crippen LogP) is 3.58. The van der Waals surface area contributed by atoms with Gasteiger partial charge < -0.3 is 20.3 Å². The quantitative estimate of drug-likeness (QED) is 0.510. The number of halogens is 1. The molecule has 7 heteroatoms. The van der Waals surface area contributed by atoms with Crippen LogP contribution < -0.4 is 15.5 Å². The molecule has 3 rings (SSSR count). The van der Waals surface area contributed by atoms with E-state index in [4.69, 9.17) is 16.3 Å². The van der Waals surface area contributed by atoms with Crippen molar-refractivity contribution in [2.75, 3.05) is 43.6 Å². The molecular formula is C22H26ClN3O3. The Balaban J connectivity index is 1.79. The van der Waals surface area contributed by atoms with E-state index in [2.05, 4.69) is 15.5 Å². The molecule has 6 nitrogen and oxygen atoms in total. The standard InChI is InChI=1S/C22H26ClN3O3/c1-29-14-11-24-21(27)18-15-17(9-10-19(18)26-12-5-6-13-26)25-22(28)20(23)16-7-3-2-4-8-16/h2-4,7-10,15,20H,5-6,11-14H2,1H3,(H,24,27)(H,25,28)/t20-/m1/s1. The summed E-state index contributed by atoms with van der Waals surface area (Å²) in [4.78, 5) is 27.5. The van der Waals surface area contributed by atoms with Gasteiger partial charge in [-0.25, -0.2) is 0 Å². The van der Waals surface area contributed by atoms with Crippen LogP contribution in [0.15, 0.2) is 48.5 Å². The van der Waals surface area contributed by atoms with Crippen molar-refractivity contribution in [3.63, 3.8) is 0 Å². The summed E-state index contributed by atoms with van der Waals surface area (Å²) in [7, 11) is 1.59. The van der Waals surface area contributed by atoms with Gasteiger partial charge in [0.15, 0.2) is 0 Å². The fraction of sp³-hybridized carbons (Fsp3) is 0.364. The summed E-state index contributed by atoms with van der Waals surface area (Å²) < 4.78 is 5.01. The molecule has 0 spiro atoms. The third-order valence-electron chi connectivity index (χ3n) is 4.87. The van der Waals surface area contributed by atoms with Crippen molar-refractivity contribution >= 4 is 34.8 Å². The number of benzene rings is 2. The Labute approximate surface area is 176 Å². The van der Waals surface area contributed by atoms with Gasteiger partial charge in [0.2, 0.25) is 5.91 Å². The van der Waals surface area contributed by atoms with Crippen LogP contribution in [0, 0.1) is 0 Å². The lowest BCUT2D eigenvalue weighted by atomic mass is 10.1. The van der Waals surface area contributed by atoms with Gasteiger partial charge in [-0.3, -0.25) is 9.59 Å². The first-order valence-electron chi connectivity index (χ1n) is 9.76. The van der Waals surface area contributed by atoms with Gasteiger partial charge in [0.05, 0.1) is 12.2 Å². The first-order valence-corrected chi connectivity index (χ1v) is 10.2. The van der Waals surface area contributed by atoms with Crippen LogP contribution in [0.1, 0.15) is 34.1 Å². The van der Waals surface area contributed by atoms with Crippen LogP contribution in [-0.4, -0.2) is 45.2 Å². The molecule has 1 aliphatic rings. The zero-order valence-electron chi connectivity index (χ0n) is 16.5. The lowest BCUT2D eigenvalue weighted by Gasteiger charge is -2.22. The Morgan fingerprint density at radius 2 is 1.86 bits per heavy atom. The predicted molar refractivity (Wildman–Crippen MR) is 116 cm³/mol. The summed E-state index contributed by atoms with van der Waals surface area (Å²) in [5.41, 5.74) is 2.67. The number of hydrogen-bond acceptors (Lipinski definition) is 4. The van der Waals surface area contributed by atoms with Crippen LogP contribution in [0.2, 0.25) is 0 Å².